The third-order valence-corrected chi connectivity index (χ3v) is 3.94. The number of hydrogen-bond donors (Lipinski definition) is 0. The Morgan fingerprint density at radius 2 is 1.48 bits per heavy atom. The third kappa shape index (κ3) is 5.59. The van der Waals surface area contributed by atoms with Crippen LogP contribution in [0.5, 0.6) is 17.2 Å². The molecule has 0 heterocycles. The van der Waals surface area contributed by atoms with Gasteiger partial charge in [0, 0.05) is 0 Å². The zero-order chi connectivity index (χ0) is 20.5. The van der Waals surface area contributed by atoms with Crippen LogP contribution in [0, 0.1) is 0 Å². The van der Waals surface area contributed by atoms with Crippen molar-refractivity contribution in [2.45, 2.75) is 0 Å². The number of rotatable bonds is 8. The molecular formula is C23H20O6. The van der Waals surface area contributed by atoms with E-state index in [0.29, 0.717) is 17.1 Å². The monoisotopic (exact) mass is 392 g/mol. The van der Waals surface area contributed by atoms with Gasteiger partial charge in [0.15, 0.2) is 0 Å². The number of esters is 2. The van der Waals surface area contributed by atoms with Crippen LogP contribution in [-0.2, 0) is 4.74 Å². The third-order valence-electron chi connectivity index (χ3n) is 3.94. The smallest absolute Gasteiger partial charge is 0.347 e. The van der Waals surface area contributed by atoms with Crippen molar-refractivity contribution in [3.63, 3.8) is 0 Å². The summed E-state index contributed by atoms with van der Waals surface area (Å²) in [6, 6.07) is 22.2. The zero-order valence-electron chi connectivity index (χ0n) is 15.9. The molecule has 0 spiro atoms. The van der Waals surface area contributed by atoms with Crippen LogP contribution in [0.25, 0.3) is 0 Å². The minimum atomic E-state index is -0.579. The molecule has 0 aliphatic carbocycles. The average Bonchev–Trinajstić information content (AvgIpc) is 2.77. The van der Waals surface area contributed by atoms with Gasteiger partial charge in [-0.15, -0.1) is 0 Å². The summed E-state index contributed by atoms with van der Waals surface area (Å²) in [6.07, 6.45) is 0. The number of benzene rings is 3. The van der Waals surface area contributed by atoms with Crippen LogP contribution >= 0.6 is 0 Å². The van der Waals surface area contributed by atoms with Crippen molar-refractivity contribution in [2.75, 3.05) is 20.3 Å². The molecule has 29 heavy (non-hydrogen) atoms. The fourth-order valence-electron chi connectivity index (χ4n) is 2.56. The van der Waals surface area contributed by atoms with Crippen LogP contribution in [0.3, 0.4) is 0 Å². The fourth-order valence-corrected chi connectivity index (χ4v) is 2.56. The van der Waals surface area contributed by atoms with E-state index in [1.807, 2.05) is 30.3 Å². The summed E-state index contributed by atoms with van der Waals surface area (Å²) in [6.45, 7) is 0.331. The Morgan fingerprint density at radius 1 is 0.759 bits per heavy atom. The standard InChI is InChI=1S/C23H20O6/c1-26-21-13-6-5-12-20(21)23(25)29-19-11-7-8-17(16-19)22(24)28-15-14-27-18-9-3-2-4-10-18/h2-13,16H,14-15H2,1H3. The molecule has 0 atom stereocenters. The van der Waals surface area contributed by atoms with Crippen molar-refractivity contribution in [2.24, 2.45) is 0 Å². The molecule has 0 bridgehead atoms. The fraction of sp³-hybridized carbons (Fsp3) is 0.130. The number of carbonyl (C=O) groups excluding carboxylic acids is 2. The molecular weight excluding hydrogens is 372 g/mol. The minimum absolute atomic E-state index is 0.0962. The molecule has 0 saturated carbocycles. The lowest BCUT2D eigenvalue weighted by molar-refractivity contribution is 0.0449. The van der Waals surface area contributed by atoms with E-state index >= 15 is 0 Å². The van der Waals surface area contributed by atoms with Gasteiger partial charge in [0.1, 0.15) is 36.0 Å². The first-order chi connectivity index (χ1) is 14.2. The minimum Gasteiger partial charge on any atom is -0.496 e. The molecule has 0 aromatic heterocycles. The molecule has 3 rings (SSSR count). The molecule has 0 fully saturated rings. The van der Waals surface area contributed by atoms with Crippen LogP contribution in [0.15, 0.2) is 78.9 Å². The van der Waals surface area contributed by atoms with E-state index in [-0.39, 0.29) is 24.5 Å². The molecule has 0 aliphatic rings. The maximum Gasteiger partial charge on any atom is 0.347 e. The Kier molecular flexibility index (Phi) is 6.84. The quantitative estimate of drug-likeness (QED) is 0.326. The van der Waals surface area contributed by atoms with Gasteiger partial charge in [-0.25, -0.2) is 9.59 Å². The zero-order valence-corrected chi connectivity index (χ0v) is 15.9. The first-order valence-corrected chi connectivity index (χ1v) is 8.97. The lowest BCUT2D eigenvalue weighted by Gasteiger charge is -2.10. The summed E-state index contributed by atoms with van der Waals surface area (Å²) >= 11 is 0. The Labute approximate surface area is 168 Å². The molecule has 0 saturated heterocycles. The second kappa shape index (κ2) is 9.94. The first-order valence-electron chi connectivity index (χ1n) is 8.97. The molecule has 0 N–H and O–H groups in total. The Hall–Kier alpha value is -3.80. The van der Waals surface area contributed by atoms with E-state index in [2.05, 4.69) is 0 Å². The highest BCUT2D eigenvalue weighted by Gasteiger charge is 2.15. The summed E-state index contributed by atoms with van der Waals surface area (Å²) in [5.74, 6) is 0.234. The molecule has 0 amide bonds. The molecule has 0 unspecified atom stereocenters. The summed E-state index contributed by atoms with van der Waals surface area (Å²) in [4.78, 5) is 24.6. The van der Waals surface area contributed by atoms with Crippen molar-refractivity contribution in [3.8, 4) is 17.2 Å². The predicted octanol–water partition coefficient (Wildman–Crippen LogP) is 4.15. The van der Waals surface area contributed by atoms with E-state index in [0.717, 1.165) is 0 Å². The van der Waals surface area contributed by atoms with Gasteiger partial charge in [-0.05, 0) is 42.5 Å². The lowest BCUT2D eigenvalue weighted by Crippen LogP contribution is -2.13. The van der Waals surface area contributed by atoms with Gasteiger partial charge in [-0.2, -0.15) is 0 Å². The van der Waals surface area contributed by atoms with Gasteiger partial charge in [0.2, 0.25) is 0 Å². The number of para-hydroxylation sites is 2. The number of carbonyl (C=O) groups is 2. The molecule has 0 aliphatic heterocycles. The van der Waals surface area contributed by atoms with Crippen LogP contribution in [0.1, 0.15) is 20.7 Å². The molecule has 6 nitrogen and oxygen atoms in total. The van der Waals surface area contributed by atoms with Crippen LogP contribution in [0.4, 0.5) is 0 Å². The molecule has 6 heteroatoms. The first kappa shape index (κ1) is 19.9. The highest BCUT2D eigenvalue weighted by molar-refractivity contribution is 5.94. The van der Waals surface area contributed by atoms with Gasteiger partial charge in [-0.3, -0.25) is 0 Å². The SMILES string of the molecule is COc1ccccc1C(=O)Oc1cccc(C(=O)OCCOc2ccccc2)c1. The maximum absolute atomic E-state index is 12.4. The Morgan fingerprint density at radius 3 is 2.28 bits per heavy atom. The van der Waals surface area contributed by atoms with Gasteiger partial charge >= 0.3 is 11.9 Å². The summed E-state index contributed by atoms with van der Waals surface area (Å²) in [5.41, 5.74) is 0.566. The van der Waals surface area contributed by atoms with Crippen molar-refractivity contribution in [1.82, 2.24) is 0 Å². The van der Waals surface area contributed by atoms with Crippen molar-refractivity contribution in [1.29, 1.82) is 0 Å². The van der Waals surface area contributed by atoms with Crippen molar-refractivity contribution < 1.29 is 28.5 Å². The topological polar surface area (TPSA) is 71.1 Å². The summed E-state index contributed by atoms with van der Waals surface area (Å²) in [7, 11) is 1.48. The predicted molar refractivity (Wildman–Crippen MR) is 107 cm³/mol. The normalized spacial score (nSPS) is 10.1. The molecule has 3 aromatic carbocycles. The second-order valence-electron chi connectivity index (χ2n) is 5.92. The van der Waals surface area contributed by atoms with E-state index in [4.69, 9.17) is 18.9 Å². The van der Waals surface area contributed by atoms with Crippen LogP contribution in [0.2, 0.25) is 0 Å². The Bertz CT molecular complexity index is 968. The van der Waals surface area contributed by atoms with Gasteiger partial charge in [0.25, 0.3) is 0 Å². The van der Waals surface area contributed by atoms with Crippen LogP contribution in [-0.4, -0.2) is 32.3 Å². The van der Waals surface area contributed by atoms with E-state index in [9.17, 15) is 9.59 Å². The maximum atomic E-state index is 12.4. The number of hydrogen-bond acceptors (Lipinski definition) is 6. The Balaban J connectivity index is 1.55. The highest BCUT2D eigenvalue weighted by Crippen LogP contribution is 2.21. The van der Waals surface area contributed by atoms with E-state index < -0.39 is 11.9 Å². The summed E-state index contributed by atoms with van der Waals surface area (Å²) in [5, 5.41) is 0. The molecule has 0 radical (unpaired) electrons. The number of ether oxygens (including phenoxy) is 4. The van der Waals surface area contributed by atoms with Crippen LogP contribution < -0.4 is 14.2 Å². The second-order valence-corrected chi connectivity index (χ2v) is 5.92. The summed E-state index contributed by atoms with van der Waals surface area (Å²) < 4.78 is 21.2. The van der Waals surface area contributed by atoms with Crippen molar-refractivity contribution >= 4 is 11.9 Å². The van der Waals surface area contributed by atoms with Crippen molar-refractivity contribution in [3.05, 3.63) is 90.0 Å². The van der Waals surface area contributed by atoms with E-state index in [1.54, 1.807) is 42.5 Å². The van der Waals surface area contributed by atoms with Gasteiger partial charge in [0.05, 0.1) is 12.7 Å². The van der Waals surface area contributed by atoms with E-state index in [1.165, 1.54) is 13.2 Å². The highest BCUT2D eigenvalue weighted by atomic mass is 16.6. The lowest BCUT2D eigenvalue weighted by atomic mass is 10.2. The largest absolute Gasteiger partial charge is 0.496 e. The van der Waals surface area contributed by atoms with Gasteiger partial charge < -0.3 is 18.9 Å². The molecule has 3 aromatic rings. The number of methoxy groups -OCH3 is 1. The average molecular weight is 392 g/mol. The van der Waals surface area contributed by atoms with Gasteiger partial charge in [-0.1, -0.05) is 36.4 Å². The molecule has 148 valence electrons.